The Bertz CT molecular complexity index is 311. The van der Waals surface area contributed by atoms with Crippen LogP contribution in [0, 0.1) is 5.92 Å². The maximum absolute atomic E-state index is 6.37. The molecule has 0 aliphatic heterocycles. The summed E-state index contributed by atoms with van der Waals surface area (Å²) in [5.41, 5.74) is 2.73. The Morgan fingerprint density at radius 2 is 1.73 bits per heavy atom. The topological polar surface area (TPSA) is 0 Å². The minimum absolute atomic E-state index is 0.246. The van der Waals surface area contributed by atoms with Crippen LogP contribution in [-0.4, -0.2) is 0 Å². The molecule has 1 aromatic rings. The molecule has 2 rings (SSSR count). The second-order valence-corrected chi connectivity index (χ2v) is 5.19. The second-order valence-electron chi connectivity index (χ2n) is 4.72. The average Bonchev–Trinajstić information content (AvgIpc) is 3.11. The van der Waals surface area contributed by atoms with E-state index in [1.165, 1.54) is 30.4 Å². The molecule has 0 saturated heterocycles. The predicted octanol–water partition coefficient (Wildman–Crippen LogP) is 4.89. The van der Waals surface area contributed by atoms with Crippen molar-refractivity contribution in [1.29, 1.82) is 0 Å². The first-order chi connectivity index (χ1) is 7.22. The summed E-state index contributed by atoms with van der Waals surface area (Å²) >= 11 is 6.37. The van der Waals surface area contributed by atoms with Gasteiger partial charge in [0.05, 0.1) is 5.38 Å². The van der Waals surface area contributed by atoms with E-state index < -0.39 is 0 Å². The molecule has 1 aliphatic carbocycles. The number of hydrogen-bond donors (Lipinski definition) is 0. The molecule has 2 unspecified atom stereocenters. The third-order valence-corrected chi connectivity index (χ3v) is 4.08. The molecule has 1 fully saturated rings. The number of alkyl halides is 1. The number of halogens is 1. The SMILES string of the molecule is CCC(C)c1ccc(C(Cl)C2CC2)cc1. The largest absolute Gasteiger partial charge is 0.118 e. The van der Waals surface area contributed by atoms with Gasteiger partial charge in [-0.05, 0) is 42.2 Å². The summed E-state index contributed by atoms with van der Waals surface area (Å²) in [6, 6.07) is 8.89. The molecule has 0 nitrogen and oxygen atoms in total. The van der Waals surface area contributed by atoms with E-state index in [9.17, 15) is 0 Å². The molecule has 0 aromatic heterocycles. The molecule has 0 radical (unpaired) electrons. The summed E-state index contributed by atoms with van der Waals surface area (Å²) in [6.45, 7) is 4.50. The lowest BCUT2D eigenvalue weighted by Crippen LogP contribution is -1.95. The van der Waals surface area contributed by atoms with E-state index in [1.807, 2.05) is 0 Å². The predicted molar refractivity (Wildman–Crippen MR) is 66.5 cm³/mol. The molecule has 0 N–H and O–H groups in total. The molecule has 0 heterocycles. The molecule has 1 aliphatic rings. The summed E-state index contributed by atoms with van der Waals surface area (Å²) in [5.74, 6) is 1.40. The fourth-order valence-corrected chi connectivity index (χ4v) is 2.30. The average molecular weight is 223 g/mol. The Hall–Kier alpha value is -0.490. The lowest BCUT2D eigenvalue weighted by molar-refractivity contribution is 0.731. The van der Waals surface area contributed by atoms with E-state index in [1.54, 1.807) is 0 Å². The van der Waals surface area contributed by atoms with Gasteiger partial charge in [-0.15, -0.1) is 11.6 Å². The molecule has 1 saturated carbocycles. The van der Waals surface area contributed by atoms with Crippen LogP contribution in [0.4, 0.5) is 0 Å². The summed E-state index contributed by atoms with van der Waals surface area (Å²) < 4.78 is 0. The zero-order valence-corrected chi connectivity index (χ0v) is 10.3. The van der Waals surface area contributed by atoms with Crippen LogP contribution in [0.15, 0.2) is 24.3 Å². The van der Waals surface area contributed by atoms with Crippen LogP contribution in [0.25, 0.3) is 0 Å². The summed E-state index contributed by atoms with van der Waals surface area (Å²) in [5, 5.41) is 0.246. The van der Waals surface area contributed by atoms with Crippen molar-refractivity contribution in [2.45, 2.75) is 44.4 Å². The van der Waals surface area contributed by atoms with Gasteiger partial charge in [-0.2, -0.15) is 0 Å². The van der Waals surface area contributed by atoms with Gasteiger partial charge in [-0.3, -0.25) is 0 Å². The third kappa shape index (κ3) is 2.55. The number of hydrogen-bond acceptors (Lipinski definition) is 0. The fourth-order valence-electron chi connectivity index (χ4n) is 1.91. The van der Waals surface area contributed by atoms with Gasteiger partial charge in [0.15, 0.2) is 0 Å². The van der Waals surface area contributed by atoms with E-state index in [4.69, 9.17) is 11.6 Å². The monoisotopic (exact) mass is 222 g/mol. The molecule has 1 aromatic carbocycles. The van der Waals surface area contributed by atoms with Gasteiger partial charge in [0, 0.05) is 0 Å². The van der Waals surface area contributed by atoms with Crippen LogP contribution in [0.1, 0.15) is 55.5 Å². The van der Waals surface area contributed by atoms with E-state index in [2.05, 4.69) is 38.1 Å². The minimum Gasteiger partial charge on any atom is -0.118 e. The van der Waals surface area contributed by atoms with Gasteiger partial charge in [-0.1, -0.05) is 38.1 Å². The highest BCUT2D eigenvalue weighted by Crippen LogP contribution is 2.45. The quantitative estimate of drug-likeness (QED) is 0.637. The first-order valence-corrected chi connectivity index (χ1v) is 6.40. The van der Waals surface area contributed by atoms with Crippen LogP contribution in [0.3, 0.4) is 0 Å². The molecule has 0 spiro atoms. The molecule has 15 heavy (non-hydrogen) atoms. The van der Waals surface area contributed by atoms with Crippen molar-refractivity contribution < 1.29 is 0 Å². The third-order valence-electron chi connectivity index (χ3n) is 3.47. The molecular formula is C14H19Cl. The number of benzene rings is 1. The summed E-state index contributed by atoms with van der Waals surface area (Å²) in [4.78, 5) is 0. The first-order valence-electron chi connectivity index (χ1n) is 5.96. The highest BCUT2D eigenvalue weighted by atomic mass is 35.5. The van der Waals surface area contributed by atoms with Crippen molar-refractivity contribution in [3.63, 3.8) is 0 Å². The molecule has 0 bridgehead atoms. The van der Waals surface area contributed by atoms with Crippen molar-refractivity contribution in [2.24, 2.45) is 5.92 Å². The van der Waals surface area contributed by atoms with Gasteiger partial charge >= 0.3 is 0 Å². The van der Waals surface area contributed by atoms with Crippen LogP contribution < -0.4 is 0 Å². The molecule has 2 atom stereocenters. The lowest BCUT2D eigenvalue weighted by Gasteiger charge is -2.12. The highest BCUT2D eigenvalue weighted by Gasteiger charge is 2.30. The molecule has 1 heteroatoms. The van der Waals surface area contributed by atoms with Crippen molar-refractivity contribution in [3.05, 3.63) is 35.4 Å². The van der Waals surface area contributed by atoms with Gasteiger partial charge in [0.25, 0.3) is 0 Å². The lowest BCUT2D eigenvalue weighted by atomic mass is 9.96. The molecule has 0 amide bonds. The van der Waals surface area contributed by atoms with Crippen LogP contribution >= 0.6 is 11.6 Å². The van der Waals surface area contributed by atoms with Crippen molar-refractivity contribution in [2.75, 3.05) is 0 Å². The normalized spacial score (nSPS) is 19.9. The maximum atomic E-state index is 6.37. The van der Waals surface area contributed by atoms with Crippen LogP contribution in [0.2, 0.25) is 0 Å². The minimum atomic E-state index is 0.246. The van der Waals surface area contributed by atoms with Crippen LogP contribution in [0.5, 0.6) is 0 Å². The highest BCUT2D eigenvalue weighted by molar-refractivity contribution is 6.21. The van der Waals surface area contributed by atoms with Crippen molar-refractivity contribution in [1.82, 2.24) is 0 Å². The van der Waals surface area contributed by atoms with Crippen molar-refractivity contribution in [3.8, 4) is 0 Å². The maximum Gasteiger partial charge on any atom is 0.0613 e. The summed E-state index contributed by atoms with van der Waals surface area (Å²) in [6.07, 6.45) is 3.81. The number of rotatable bonds is 4. The van der Waals surface area contributed by atoms with Gasteiger partial charge in [0.1, 0.15) is 0 Å². The molecular weight excluding hydrogens is 204 g/mol. The Morgan fingerprint density at radius 3 is 2.20 bits per heavy atom. The van der Waals surface area contributed by atoms with Gasteiger partial charge in [-0.25, -0.2) is 0 Å². The van der Waals surface area contributed by atoms with Crippen LogP contribution in [-0.2, 0) is 0 Å². The fraction of sp³-hybridized carbons (Fsp3) is 0.571. The first kappa shape index (κ1) is 11.0. The van der Waals surface area contributed by atoms with Gasteiger partial charge < -0.3 is 0 Å². The standard InChI is InChI=1S/C14H19Cl/c1-3-10(2)11-4-6-12(7-5-11)14(15)13-8-9-13/h4-7,10,13-14H,3,8-9H2,1-2H3. The van der Waals surface area contributed by atoms with Crippen molar-refractivity contribution >= 4 is 11.6 Å². The van der Waals surface area contributed by atoms with E-state index >= 15 is 0 Å². The molecule has 82 valence electrons. The Morgan fingerprint density at radius 1 is 1.20 bits per heavy atom. The van der Waals surface area contributed by atoms with E-state index in [0.717, 1.165) is 5.92 Å². The van der Waals surface area contributed by atoms with Gasteiger partial charge in [0.2, 0.25) is 0 Å². The zero-order chi connectivity index (χ0) is 10.8. The Labute approximate surface area is 97.6 Å². The second kappa shape index (κ2) is 4.57. The Balaban J connectivity index is 2.09. The Kier molecular flexibility index (Phi) is 3.35. The van der Waals surface area contributed by atoms with E-state index in [0.29, 0.717) is 5.92 Å². The summed E-state index contributed by atoms with van der Waals surface area (Å²) in [7, 11) is 0. The zero-order valence-electron chi connectivity index (χ0n) is 9.54. The van der Waals surface area contributed by atoms with E-state index in [-0.39, 0.29) is 5.38 Å². The smallest absolute Gasteiger partial charge is 0.0613 e.